The van der Waals surface area contributed by atoms with Gasteiger partial charge in [0.15, 0.2) is 9.76 Å². The zero-order chi connectivity index (χ0) is 5.54. The van der Waals surface area contributed by atoms with Crippen LogP contribution >= 0.6 is 0 Å². The fourth-order valence-corrected chi connectivity index (χ4v) is 0.989. The van der Waals surface area contributed by atoms with Crippen molar-refractivity contribution in [2.45, 2.75) is 12.5 Å². The van der Waals surface area contributed by atoms with Crippen molar-refractivity contribution in [3.05, 3.63) is 0 Å². The van der Waals surface area contributed by atoms with Gasteiger partial charge in [0.2, 0.25) is 0 Å². The van der Waals surface area contributed by atoms with E-state index >= 15 is 0 Å². The summed E-state index contributed by atoms with van der Waals surface area (Å²) in [5.74, 6) is 0. The van der Waals surface area contributed by atoms with E-state index in [9.17, 15) is 0 Å². The van der Waals surface area contributed by atoms with Crippen LogP contribution in [0.25, 0.3) is 0 Å². The Bertz CT molecular complexity index is 49.0. The van der Waals surface area contributed by atoms with Crippen LogP contribution in [0.4, 0.5) is 0 Å². The highest BCUT2D eigenvalue weighted by Gasteiger charge is 1.80. The van der Waals surface area contributed by atoms with Crippen LogP contribution in [0, 0.1) is 5.41 Å². The highest BCUT2D eigenvalue weighted by atomic mass is 28.2. The number of nitrogens with one attached hydrogen (secondary N) is 1. The molecule has 0 rings (SSSR count). The quantitative estimate of drug-likeness (QED) is 0.318. The van der Waals surface area contributed by atoms with E-state index in [2.05, 4.69) is 0 Å². The fraction of sp³-hybridized carbons (Fsp3) is 0.750. The lowest BCUT2D eigenvalue weighted by molar-refractivity contribution is 0.441. The SMILES string of the molecule is CO[SiH2]CCC=N. The summed E-state index contributed by atoms with van der Waals surface area (Å²) in [6.07, 6.45) is 2.34. The molecule has 3 heteroatoms. The van der Waals surface area contributed by atoms with Gasteiger partial charge in [0.05, 0.1) is 0 Å². The molecule has 0 bridgehead atoms. The van der Waals surface area contributed by atoms with Gasteiger partial charge >= 0.3 is 0 Å². The highest BCUT2D eigenvalue weighted by molar-refractivity contribution is 6.27. The van der Waals surface area contributed by atoms with Gasteiger partial charge in [0, 0.05) is 7.11 Å². The summed E-state index contributed by atoms with van der Waals surface area (Å²) >= 11 is 0. The molecule has 42 valence electrons. The molecule has 0 atom stereocenters. The second-order valence-electron chi connectivity index (χ2n) is 1.34. The van der Waals surface area contributed by atoms with Gasteiger partial charge in [-0.2, -0.15) is 0 Å². The molecule has 0 heterocycles. The van der Waals surface area contributed by atoms with Crippen LogP contribution < -0.4 is 0 Å². The molecule has 0 aromatic heterocycles. The van der Waals surface area contributed by atoms with Crippen molar-refractivity contribution in [2.75, 3.05) is 7.11 Å². The Morgan fingerprint density at radius 3 is 3.00 bits per heavy atom. The first-order chi connectivity index (χ1) is 3.41. The van der Waals surface area contributed by atoms with Crippen molar-refractivity contribution >= 4 is 16.0 Å². The molecule has 0 radical (unpaired) electrons. The third-order valence-corrected chi connectivity index (χ3v) is 1.80. The minimum Gasteiger partial charge on any atom is -0.427 e. The average Bonchev–Trinajstić information content (AvgIpc) is 1.69. The molecule has 0 fully saturated rings. The Kier molecular flexibility index (Phi) is 5.72. The fourth-order valence-electron chi connectivity index (χ4n) is 0.330. The first-order valence-corrected chi connectivity index (χ1v) is 3.97. The lowest BCUT2D eigenvalue weighted by Gasteiger charge is -1.88. The minimum atomic E-state index is -0.241. The van der Waals surface area contributed by atoms with Gasteiger partial charge in [-0.25, -0.2) is 0 Å². The normalized spacial score (nSPS) is 10.4. The van der Waals surface area contributed by atoms with Crippen molar-refractivity contribution in [3.8, 4) is 0 Å². The number of hydrogen-bond donors (Lipinski definition) is 1. The lowest BCUT2D eigenvalue weighted by Crippen LogP contribution is -1.91. The van der Waals surface area contributed by atoms with E-state index in [-0.39, 0.29) is 9.76 Å². The van der Waals surface area contributed by atoms with E-state index in [1.807, 2.05) is 0 Å². The molecule has 0 aliphatic rings. The molecule has 1 N–H and O–H groups in total. The molecule has 0 aromatic carbocycles. The summed E-state index contributed by atoms with van der Waals surface area (Å²) < 4.78 is 4.88. The maximum Gasteiger partial charge on any atom is 0.161 e. The molecular weight excluding hydrogens is 106 g/mol. The number of rotatable bonds is 4. The second-order valence-corrected chi connectivity index (χ2v) is 3.03. The molecular formula is C4H11NOSi. The van der Waals surface area contributed by atoms with Crippen molar-refractivity contribution in [3.63, 3.8) is 0 Å². The summed E-state index contributed by atoms with van der Waals surface area (Å²) in [6, 6.07) is 1.11. The monoisotopic (exact) mass is 117 g/mol. The Labute approximate surface area is 46.3 Å². The summed E-state index contributed by atoms with van der Waals surface area (Å²) in [6.45, 7) is 0. The third-order valence-electron chi connectivity index (χ3n) is 0.697. The summed E-state index contributed by atoms with van der Waals surface area (Å²) in [5, 5.41) is 6.62. The molecule has 0 aliphatic heterocycles. The predicted octanol–water partition coefficient (Wildman–Crippen LogP) is 0.175. The van der Waals surface area contributed by atoms with Crippen molar-refractivity contribution < 1.29 is 4.43 Å². The molecule has 7 heavy (non-hydrogen) atoms. The minimum absolute atomic E-state index is 0.241. The van der Waals surface area contributed by atoms with Crippen LogP contribution in [0.2, 0.25) is 6.04 Å². The van der Waals surface area contributed by atoms with Gasteiger partial charge < -0.3 is 9.84 Å². The Morgan fingerprint density at radius 2 is 2.57 bits per heavy atom. The summed E-state index contributed by atoms with van der Waals surface area (Å²) in [5.41, 5.74) is 0. The van der Waals surface area contributed by atoms with E-state index in [4.69, 9.17) is 9.84 Å². The molecule has 0 saturated carbocycles. The lowest BCUT2D eigenvalue weighted by atomic mass is 10.5. The maximum absolute atomic E-state index is 6.62. The van der Waals surface area contributed by atoms with Crippen LogP contribution in [0.5, 0.6) is 0 Å². The Morgan fingerprint density at radius 1 is 1.86 bits per heavy atom. The zero-order valence-electron chi connectivity index (χ0n) is 4.61. The molecule has 2 nitrogen and oxygen atoms in total. The van der Waals surface area contributed by atoms with Crippen LogP contribution in [0.1, 0.15) is 6.42 Å². The molecule has 0 aliphatic carbocycles. The Hall–Kier alpha value is -0.153. The molecule has 0 aromatic rings. The van der Waals surface area contributed by atoms with E-state index in [0.29, 0.717) is 0 Å². The van der Waals surface area contributed by atoms with Gasteiger partial charge in [-0.3, -0.25) is 0 Å². The van der Waals surface area contributed by atoms with Gasteiger partial charge in [-0.05, 0) is 18.7 Å². The molecule has 0 saturated heterocycles. The third kappa shape index (κ3) is 5.85. The summed E-state index contributed by atoms with van der Waals surface area (Å²) in [4.78, 5) is 0. The second kappa shape index (κ2) is 5.85. The first-order valence-electron chi connectivity index (χ1n) is 2.39. The molecule has 0 spiro atoms. The standard InChI is InChI=1S/C4H11NOSi/c1-6-7-4-2-3-5/h3,5H,2,4,7H2,1H3. The van der Waals surface area contributed by atoms with Crippen LogP contribution in [0.15, 0.2) is 0 Å². The van der Waals surface area contributed by atoms with Gasteiger partial charge in [0.1, 0.15) is 0 Å². The maximum atomic E-state index is 6.62. The topological polar surface area (TPSA) is 33.1 Å². The summed E-state index contributed by atoms with van der Waals surface area (Å²) in [7, 11) is 1.49. The van der Waals surface area contributed by atoms with Crippen LogP contribution in [-0.2, 0) is 4.43 Å². The molecule has 0 amide bonds. The van der Waals surface area contributed by atoms with E-state index < -0.39 is 0 Å². The van der Waals surface area contributed by atoms with Gasteiger partial charge in [-0.1, -0.05) is 0 Å². The Balaban J connectivity index is 2.56. The van der Waals surface area contributed by atoms with Crippen molar-refractivity contribution in [1.82, 2.24) is 0 Å². The first kappa shape index (κ1) is 6.85. The van der Waals surface area contributed by atoms with E-state index in [1.54, 1.807) is 7.11 Å². The van der Waals surface area contributed by atoms with E-state index in [1.165, 1.54) is 6.21 Å². The van der Waals surface area contributed by atoms with Gasteiger partial charge in [0.25, 0.3) is 0 Å². The molecule has 0 unspecified atom stereocenters. The van der Waals surface area contributed by atoms with Crippen molar-refractivity contribution in [2.24, 2.45) is 0 Å². The predicted molar refractivity (Wildman–Crippen MR) is 33.8 cm³/mol. The van der Waals surface area contributed by atoms with Gasteiger partial charge in [-0.15, -0.1) is 0 Å². The average molecular weight is 117 g/mol. The van der Waals surface area contributed by atoms with Crippen LogP contribution in [-0.4, -0.2) is 23.1 Å². The smallest absolute Gasteiger partial charge is 0.161 e. The highest BCUT2D eigenvalue weighted by Crippen LogP contribution is 1.81. The zero-order valence-corrected chi connectivity index (χ0v) is 6.02. The van der Waals surface area contributed by atoms with E-state index in [0.717, 1.165) is 12.5 Å². The van der Waals surface area contributed by atoms with Crippen molar-refractivity contribution in [1.29, 1.82) is 5.41 Å². The number of hydrogen-bond acceptors (Lipinski definition) is 2. The van der Waals surface area contributed by atoms with Crippen LogP contribution in [0.3, 0.4) is 0 Å². The largest absolute Gasteiger partial charge is 0.427 e.